The molecule has 5 heteroatoms. The van der Waals surface area contributed by atoms with E-state index in [-0.39, 0.29) is 12.5 Å². The third-order valence-electron chi connectivity index (χ3n) is 3.66. The Labute approximate surface area is 146 Å². The molecule has 0 bridgehead atoms. The van der Waals surface area contributed by atoms with Crippen LogP contribution < -0.4 is 14.8 Å². The molecule has 0 aliphatic rings. The summed E-state index contributed by atoms with van der Waals surface area (Å²) in [6, 6.07) is 17.2. The lowest BCUT2D eigenvalue weighted by molar-refractivity contribution is -0.123. The van der Waals surface area contributed by atoms with Crippen LogP contribution in [0.15, 0.2) is 60.8 Å². The molecule has 0 aliphatic carbocycles. The van der Waals surface area contributed by atoms with Crippen LogP contribution in [-0.4, -0.2) is 30.6 Å². The van der Waals surface area contributed by atoms with Crippen molar-refractivity contribution in [2.24, 2.45) is 0 Å². The highest BCUT2D eigenvalue weighted by atomic mass is 16.5. The van der Waals surface area contributed by atoms with E-state index in [2.05, 4.69) is 10.3 Å². The van der Waals surface area contributed by atoms with Crippen molar-refractivity contribution >= 4 is 16.8 Å². The van der Waals surface area contributed by atoms with E-state index in [0.717, 1.165) is 22.2 Å². The van der Waals surface area contributed by atoms with Gasteiger partial charge in [0.05, 0.1) is 12.1 Å². The maximum atomic E-state index is 11.8. The molecule has 25 heavy (non-hydrogen) atoms. The second kappa shape index (κ2) is 8.15. The van der Waals surface area contributed by atoms with Gasteiger partial charge in [-0.25, -0.2) is 0 Å². The highest BCUT2D eigenvalue weighted by molar-refractivity contribution is 5.79. The van der Waals surface area contributed by atoms with Crippen molar-refractivity contribution in [2.45, 2.75) is 6.92 Å². The first-order chi connectivity index (χ1) is 12.2. The molecule has 1 amide bonds. The number of nitrogens with one attached hydrogen (secondary N) is 1. The number of fused-ring (bicyclic) bond motifs is 1. The number of benzene rings is 2. The second-order valence-electron chi connectivity index (χ2n) is 5.66. The molecule has 0 spiro atoms. The van der Waals surface area contributed by atoms with E-state index in [1.165, 1.54) is 0 Å². The maximum Gasteiger partial charge on any atom is 0.258 e. The van der Waals surface area contributed by atoms with Crippen molar-refractivity contribution in [1.29, 1.82) is 0 Å². The topological polar surface area (TPSA) is 60.5 Å². The molecule has 0 unspecified atom stereocenters. The molecule has 128 valence electrons. The number of carbonyl (C=O) groups is 1. The quantitative estimate of drug-likeness (QED) is 0.674. The average molecular weight is 336 g/mol. The fraction of sp³-hybridized carbons (Fsp3) is 0.200. The van der Waals surface area contributed by atoms with Gasteiger partial charge in [-0.05, 0) is 43.3 Å². The molecule has 3 rings (SSSR count). The summed E-state index contributed by atoms with van der Waals surface area (Å²) >= 11 is 0. The van der Waals surface area contributed by atoms with Gasteiger partial charge in [-0.15, -0.1) is 0 Å². The van der Waals surface area contributed by atoms with E-state index in [1.54, 1.807) is 6.20 Å². The second-order valence-corrected chi connectivity index (χ2v) is 5.66. The van der Waals surface area contributed by atoms with Gasteiger partial charge in [0.1, 0.15) is 18.1 Å². The molecule has 3 aromatic rings. The molecule has 0 aliphatic heterocycles. The highest BCUT2D eigenvalue weighted by Crippen LogP contribution is 2.18. The van der Waals surface area contributed by atoms with Crippen molar-refractivity contribution in [3.05, 3.63) is 66.4 Å². The van der Waals surface area contributed by atoms with Gasteiger partial charge >= 0.3 is 0 Å². The minimum atomic E-state index is -0.174. The number of amides is 1. The van der Waals surface area contributed by atoms with Crippen LogP contribution in [0.3, 0.4) is 0 Å². The van der Waals surface area contributed by atoms with E-state index >= 15 is 0 Å². The molecule has 0 fully saturated rings. The van der Waals surface area contributed by atoms with Gasteiger partial charge in [0.25, 0.3) is 5.91 Å². The number of ether oxygens (including phenoxy) is 2. The standard InChI is InChI=1S/C20H20N2O3/c1-15-4-6-17(7-5-15)25-14-20(23)22-11-12-24-18-8-9-19-16(13-18)3-2-10-21-19/h2-10,13H,11-12,14H2,1H3,(H,22,23). The SMILES string of the molecule is Cc1ccc(OCC(=O)NCCOc2ccc3ncccc3c2)cc1. The van der Waals surface area contributed by atoms with Crippen LogP contribution in [0.2, 0.25) is 0 Å². The Kier molecular flexibility index (Phi) is 5.46. The number of aromatic nitrogens is 1. The Morgan fingerprint density at radius 2 is 1.84 bits per heavy atom. The first-order valence-electron chi connectivity index (χ1n) is 8.14. The number of hydrogen-bond donors (Lipinski definition) is 1. The van der Waals surface area contributed by atoms with Crippen molar-refractivity contribution in [1.82, 2.24) is 10.3 Å². The molecular formula is C20H20N2O3. The minimum Gasteiger partial charge on any atom is -0.492 e. The zero-order valence-corrected chi connectivity index (χ0v) is 14.1. The van der Waals surface area contributed by atoms with Gasteiger partial charge in [0.15, 0.2) is 6.61 Å². The predicted molar refractivity (Wildman–Crippen MR) is 96.9 cm³/mol. The summed E-state index contributed by atoms with van der Waals surface area (Å²) < 4.78 is 11.1. The van der Waals surface area contributed by atoms with Crippen LogP contribution in [-0.2, 0) is 4.79 Å². The largest absolute Gasteiger partial charge is 0.492 e. The number of carbonyl (C=O) groups excluding carboxylic acids is 1. The molecule has 1 N–H and O–H groups in total. The first-order valence-corrected chi connectivity index (χ1v) is 8.14. The lowest BCUT2D eigenvalue weighted by Crippen LogP contribution is -2.32. The van der Waals surface area contributed by atoms with E-state index in [4.69, 9.17) is 9.47 Å². The summed E-state index contributed by atoms with van der Waals surface area (Å²) in [5.41, 5.74) is 2.08. The number of nitrogens with zero attached hydrogens (tertiary/aromatic N) is 1. The van der Waals surface area contributed by atoms with Crippen molar-refractivity contribution < 1.29 is 14.3 Å². The molecule has 5 nitrogen and oxygen atoms in total. The van der Waals surface area contributed by atoms with Crippen molar-refractivity contribution in [3.63, 3.8) is 0 Å². The highest BCUT2D eigenvalue weighted by Gasteiger charge is 2.03. The number of pyridine rings is 1. The summed E-state index contributed by atoms with van der Waals surface area (Å²) in [4.78, 5) is 16.0. The van der Waals surface area contributed by atoms with Crippen LogP contribution >= 0.6 is 0 Å². The average Bonchev–Trinajstić information content (AvgIpc) is 2.64. The molecule has 0 atom stereocenters. The van der Waals surface area contributed by atoms with Crippen molar-refractivity contribution in [3.8, 4) is 11.5 Å². The Morgan fingerprint density at radius 1 is 1.04 bits per heavy atom. The predicted octanol–water partition coefficient (Wildman–Crippen LogP) is 3.12. The minimum absolute atomic E-state index is 0.00922. The van der Waals surface area contributed by atoms with Crippen LogP contribution in [0.25, 0.3) is 10.9 Å². The Morgan fingerprint density at radius 3 is 2.68 bits per heavy atom. The van der Waals surface area contributed by atoms with Gasteiger partial charge in [-0.1, -0.05) is 23.8 Å². The number of hydrogen-bond acceptors (Lipinski definition) is 4. The van der Waals surface area contributed by atoms with Crippen LogP contribution in [0, 0.1) is 6.92 Å². The van der Waals surface area contributed by atoms with E-state index in [9.17, 15) is 4.79 Å². The van der Waals surface area contributed by atoms with Gasteiger partial charge < -0.3 is 14.8 Å². The zero-order chi connectivity index (χ0) is 17.5. The number of aryl methyl sites for hydroxylation is 1. The molecule has 0 saturated carbocycles. The zero-order valence-electron chi connectivity index (χ0n) is 14.1. The van der Waals surface area contributed by atoms with E-state index in [0.29, 0.717) is 18.9 Å². The molecule has 0 radical (unpaired) electrons. The van der Waals surface area contributed by atoms with Crippen molar-refractivity contribution in [2.75, 3.05) is 19.8 Å². The van der Waals surface area contributed by atoms with Crippen LogP contribution in [0.5, 0.6) is 11.5 Å². The summed E-state index contributed by atoms with van der Waals surface area (Å²) in [5, 5.41) is 3.79. The van der Waals surface area contributed by atoms with Crippen LogP contribution in [0.1, 0.15) is 5.56 Å². The maximum absolute atomic E-state index is 11.8. The monoisotopic (exact) mass is 336 g/mol. The van der Waals surface area contributed by atoms with E-state index < -0.39 is 0 Å². The van der Waals surface area contributed by atoms with Crippen LogP contribution in [0.4, 0.5) is 0 Å². The fourth-order valence-corrected chi connectivity index (χ4v) is 2.34. The summed E-state index contributed by atoms with van der Waals surface area (Å²) in [5.74, 6) is 1.26. The molecular weight excluding hydrogens is 316 g/mol. The van der Waals surface area contributed by atoms with Gasteiger partial charge in [-0.2, -0.15) is 0 Å². The molecule has 2 aromatic carbocycles. The Bertz CT molecular complexity index is 847. The summed E-state index contributed by atoms with van der Waals surface area (Å²) in [6.07, 6.45) is 1.76. The van der Waals surface area contributed by atoms with E-state index in [1.807, 2.05) is 61.5 Å². The number of rotatable bonds is 7. The summed E-state index contributed by atoms with van der Waals surface area (Å²) in [7, 11) is 0. The lowest BCUT2D eigenvalue weighted by Gasteiger charge is -2.09. The first kappa shape index (κ1) is 16.8. The molecule has 1 heterocycles. The smallest absolute Gasteiger partial charge is 0.258 e. The summed E-state index contributed by atoms with van der Waals surface area (Å²) in [6.45, 7) is 2.80. The third-order valence-corrected chi connectivity index (χ3v) is 3.66. The van der Waals surface area contributed by atoms with Gasteiger partial charge in [-0.3, -0.25) is 9.78 Å². The van der Waals surface area contributed by atoms with Gasteiger partial charge in [0, 0.05) is 11.6 Å². The normalized spacial score (nSPS) is 10.4. The molecule has 0 saturated heterocycles. The Balaban J connectivity index is 1.38. The van der Waals surface area contributed by atoms with Gasteiger partial charge in [0.2, 0.25) is 0 Å². The molecule has 1 aromatic heterocycles. The Hall–Kier alpha value is -3.08. The fourth-order valence-electron chi connectivity index (χ4n) is 2.34. The third kappa shape index (κ3) is 4.94. The lowest BCUT2D eigenvalue weighted by atomic mass is 10.2.